The second-order valence-electron chi connectivity index (χ2n) is 15.3. The number of carbonyl (C=O) groups excluding carboxylic acids is 3. The van der Waals surface area contributed by atoms with Crippen LogP contribution < -0.4 is 36.1 Å². The molecule has 3 atom stereocenters. The van der Waals surface area contributed by atoms with Gasteiger partial charge in [0.1, 0.15) is 29.6 Å². The van der Waals surface area contributed by atoms with Crippen LogP contribution in [0.3, 0.4) is 0 Å². The Balaban J connectivity index is 0.956. The van der Waals surface area contributed by atoms with Crippen LogP contribution in [-0.4, -0.2) is 57.8 Å². The second-order valence-corrected chi connectivity index (χ2v) is 16.1. The highest BCUT2D eigenvalue weighted by molar-refractivity contribution is 6.37. The third-order valence-electron chi connectivity index (χ3n) is 10.9. The average molecular weight is 861 g/mol. The Morgan fingerprint density at radius 3 is 2.31 bits per heavy atom. The van der Waals surface area contributed by atoms with Gasteiger partial charge in [-0.3, -0.25) is 19.4 Å². The highest BCUT2D eigenvalue weighted by atomic mass is 35.5. The summed E-state index contributed by atoms with van der Waals surface area (Å²) in [6, 6.07) is 20.7. The lowest BCUT2D eigenvalue weighted by Crippen LogP contribution is -2.35. The SMILES string of the molecule is N#Cc1cncc(COc2nc(O[C@H]3CCc4c(-c5cccc(C(=O)Nc6ccc(CNC[C@@H]7CCC(=O)N7)cn6)c5Cl)cccc43)c(Cl)cc2CNC[C@@H]2CCC(=O)N2)c1. The Morgan fingerprint density at radius 2 is 1.59 bits per heavy atom. The van der Waals surface area contributed by atoms with Gasteiger partial charge >= 0.3 is 0 Å². The molecule has 312 valence electrons. The van der Waals surface area contributed by atoms with E-state index in [1.165, 1.54) is 6.20 Å². The summed E-state index contributed by atoms with van der Waals surface area (Å²) < 4.78 is 12.8. The molecule has 3 amide bonds. The number of fused-ring (bicyclic) bond motifs is 1. The van der Waals surface area contributed by atoms with E-state index in [1.807, 2.05) is 36.4 Å². The lowest BCUT2D eigenvalue weighted by molar-refractivity contribution is -0.120. The molecule has 2 saturated heterocycles. The first kappa shape index (κ1) is 41.6. The number of halogens is 2. The number of hydrogen-bond donors (Lipinski definition) is 5. The Labute approximate surface area is 362 Å². The zero-order valence-corrected chi connectivity index (χ0v) is 34.6. The van der Waals surface area contributed by atoms with Crippen LogP contribution in [0, 0.1) is 11.3 Å². The van der Waals surface area contributed by atoms with Crippen LogP contribution in [0.1, 0.15) is 81.9 Å². The molecule has 0 spiro atoms. The maximum atomic E-state index is 13.5. The van der Waals surface area contributed by atoms with Gasteiger partial charge in [0.2, 0.25) is 23.6 Å². The Kier molecular flexibility index (Phi) is 13.0. The van der Waals surface area contributed by atoms with Crippen molar-refractivity contribution in [2.45, 2.75) is 76.4 Å². The van der Waals surface area contributed by atoms with Gasteiger partial charge in [-0.15, -0.1) is 0 Å². The lowest BCUT2D eigenvalue weighted by atomic mass is 9.95. The number of benzene rings is 2. The molecule has 14 nitrogen and oxygen atoms in total. The molecule has 0 radical (unpaired) electrons. The number of nitrogens with one attached hydrogen (secondary N) is 5. The molecular formula is C45H43Cl2N9O5. The number of rotatable bonds is 16. The fourth-order valence-corrected chi connectivity index (χ4v) is 8.40. The van der Waals surface area contributed by atoms with Gasteiger partial charge in [-0.05, 0) is 72.2 Å². The Bertz CT molecular complexity index is 2500. The predicted octanol–water partition coefficient (Wildman–Crippen LogP) is 6.35. The van der Waals surface area contributed by atoms with E-state index < -0.39 is 0 Å². The first-order valence-corrected chi connectivity index (χ1v) is 21.0. The van der Waals surface area contributed by atoms with E-state index in [9.17, 15) is 19.6 Å². The minimum Gasteiger partial charge on any atom is -0.472 e. The molecule has 5 aromatic rings. The molecule has 2 aliphatic heterocycles. The van der Waals surface area contributed by atoms with Crippen molar-refractivity contribution in [2.24, 2.45) is 0 Å². The summed E-state index contributed by atoms with van der Waals surface area (Å²) in [5.41, 5.74) is 6.70. The van der Waals surface area contributed by atoms with Crippen molar-refractivity contribution in [3.8, 4) is 29.0 Å². The van der Waals surface area contributed by atoms with Gasteiger partial charge in [0.25, 0.3) is 5.91 Å². The molecule has 61 heavy (non-hydrogen) atoms. The third kappa shape index (κ3) is 10.1. The van der Waals surface area contributed by atoms with E-state index in [1.54, 1.807) is 36.7 Å². The Morgan fingerprint density at radius 1 is 0.836 bits per heavy atom. The molecule has 8 rings (SSSR count). The summed E-state index contributed by atoms with van der Waals surface area (Å²) in [6.45, 7) is 2.32. The number of nitriles is 1. The zero-order valence-electron chi connectivity index (χ0n) is 33.1. The van der Waals surface area contributed by atoms with E-state index in [0.29, 0.717) is 95.9 Å². The number of anilines is 1. The second kappa shape index (κ2) is 19.1. The Hall–Kier alpha value is -6.11. The normalized spacial score (nSPS) is 18.0. The van der Waals surface area contributed by atoms with Crippen molar-refractivity contribution in [1.82, 2.24) is 36.2 Å². The summed E-state index contributed by atoms with van der Waals surface area (Å²) in [6.07, 6.45) is 8.45. The van der Waals surface area contributed by atoms with Gasteiger partial charge in [0.15, 0.2) is 0 Å². The number of hydrogen-bond acceptors (Lipinski definition) is 11. The third-order valence-corrected chi connectivity index (χ3v) is 11.6. The minimum absolute atomic E-state index is 0.0408. The topological polar surface area (TPSA) is 192 Å². The van der Waals surface area contributed by atoms with Crippen LogP contribution in [0.2, 0.25) is 10.0 Å². The number of amides is 3. The number of carbonyl (C=O) groups is 3. The van der Waals surface area contributed by atoms with E-state index in [-0.39, 0.29) is 48.4 Å². The molecule has 16 heteroatoms. The maximum absolute atomic E-state index is 13.5. The lowest BCUT2D eigenvalue weighted by Gasteiger charge is -2.19. The van der Waals surface area contributed by atoms with E-state index in [0.717, 1.165) is 40.7 Å². The van der Waals surface area contributed by atoms with Crippen LogP contribution >= 0.6 is 23.2 Å². The van der Waals surface area contributed by atoms with E-state index in [4.69, 9.17) is 37.7 Å². The predicted molar refractivity (Wildman–Crippen MR) is 229 cm³/mol. The van der Waals surface area contributed by atoms with Crippen molar-refractivity contribution in [3.05, 3.63) is 128 Å². The van der Waals surface area contributed by atoms with Crippen LogP contribution in [0.4, 0.5) is 5.82 Å². The summed E-state index contributed by atoms with van der Waals surface area (Å²) in [5, 5.41) is 25.5. The van der Waals surface area contributed by atoms with Crippen LogP contribution in [0.15, 0.2) is 79.3 Å². The van der Waals surface area contributed by atoms with Gasteiger partial charge in [-0.1, -0.05) is 59.6 Å². The molecule has 0 saturated carbocycles. The number of pyridine rings is 3. The van der Waals surface area contributed by atoms with Crippen molar-refractivity contribution >= 4 is 46.7 Å². The summed E-state index contributed by atoms with van der Waals surface area (Å²) >= 11 is 13.9. The molecule has 5 heterocycles. The average Bonchev–Trinajstić information content (AvgIpc) is 4.01. The molecule has 2 aromatic carbocycles. The number of aromatic nitrogens is 3. The first-order valence-electron chi connectivity index (χ1n) is 20.2. The van der Waals surface area contributed by atoms with Crippen molar-refractivity contribution in [1.29, 1.82) is 5.26 Å². The number of ether oxygens (including phenoxy) is 2. The molecule has 1 aliphatic carbocycles. The van der Waals surface area contributed by atoms with Crippen LogP contribution in [-0.2, 0) is 35.7 Å². The standard InChI is InChI=1S/C45H43Cl2N9O5/c46-37-16-29(22-51-24-31-9-14-41(58)54-31)44(60-25-28-15-27(17-48)19-49-20-28)56-45(37)61-38-11-10-33-32(3-1-4-34(33)38)35-5-2-6-36(42(35)47)43(59)55-39-12-7-26(21-52-39)18-50-23-30-8-13-40(57)53-30/h1-7,12,15-16,19-21,30-31,38,50-51H,8-11,13-14,18,22-25H2,(H,53,57)(H,54,58)(H,52,55,59)/t30-,31-,38-/m0/s1. The molecule has 3 aliphatic rings. The molecule has 5 N–H and O–H groups in total. The summed E-state index contributed by atoms with van der Waals surface area (Å²) in [4.78, 5) is 50.0. The monoisotopic (exact) mass is 859 g/mol. The van der Waals surface area contributed by atoms with E-state index in [2.05, 4.69) is 42.6 Å². The van der Waals surface area contributed by atoms with Gasteiger partial charge in [-0.2, -0.15) is 10.2 Å². The highest BCUT2D eigenvalue weighted by Gasteiger charge is 2.30. The van der Waals surface area contributed by atoms with E-state index >= 15 is 0 Å². The van der Waals surface area contributed by atoms with Gasteiger partial charge in [0, 0.05) is 86.4 Å². The molecule has 0 unspecified atom stereocenters. The smallest absolute Gasteiger partial charge is 0.258 e. The fourth-order valence-electron chi connectivity index (χ4n) is 7.87. The number of nitrogens with zero attached hydrogens (tertiary/aromatic N) is 4. The van der Waals surface area contributed by atoms with Crippen LogP contribution in [0.25, 0.3) is 11.1 Å². The fraction of sp³-hybridized carbons (Fsp3) is 0.311. The molecule has 3 aromatic heterocycles. The maximum Gasteiger partial charge on any atom is 0.258 e. The zero-order chi connectivity index (χ0) is 42.3. The highest BCUT2D eigenvalue weighted by Crippen LogP contribution is 2.43. The van der Waals surface area contributed by atoms with Gasteiger partial charge in [0.05, 0.1) is 16.1 Å². The molecular weight excluding hydrogens is 817 g/mol. The molecule has 2 fully saturated rings. The largest absolute Gasteiger partial charge is 0.472 e. The van der Waals surface area contributed by atoms with Crippen molar-refractivity contribution in [2.75, 3.05) is 18.4 Å². The van der Waals surface area contributed by atoms with Gasteiger partial charge in [-0.25, -0.2) is 4.98 Å². The van der Waals surface area contributed by atoms with Crippen molar-refractivity contribution < 1.29 is 23.9 Å². The van der Waals surface area contributed by atoms with Crippen LogP contribution in [0.5, 0.6) is 11.8 Å². The quantitative estimate of drug-likeness (QED) is 0.0743. The molecule has 0 bridgehead atoms. The van der Waals surface area contributed by atoms with Gasteiger partial charge < -0.3 is 36.1 Å². The van der Waals surface area contributed by atoms with Crippen molar-refractivity contribution in [3.63, 3.8) is 0 Å². The minimum atomic E-state index is -0.382. The summed E-state index contributed by atoms with van der Waals surface area (Å²) in [5.74, 6) is 0.674. The first-order chi connectivity index (χ1) is 29.7. The summed E-state index contributed by atoms with van der Waals surface area (Å²) in [7, 11) is 0.